The van der Waals surface area contributed by atoms with Gasteiger partial charge < -0.3 is 4.74 Å². The van der Waals surface area contributed by atoms with Gasteiger partial charge in [0.15, 0.2) is 0 Å². The van der Waals surface area contributed by atoms with E-state index in [2.05, 4.69) is 4.72 Å². The molecule has 0 heterocycles. The second-order valence-electron chi connectivity index (χ2n) is 5.56. The Morgan fingerprint density at radius 3 is 1.74 bits per heavy atom. The zero-order valence-corrected chi connectivity index (χ0v) is 15.6. The van der Waals surface area contributed by atoms with Crippen LogP contribution in [0.2, 0.25) is 0 Å². The average molecular weight is 404 g/mol. The quantitative estimate of drug-likeness (QED) is 0.655. The lowest BCUT2D eigenvalue weighted by molar-refractivity contribution is 0.483. The fourth-order valence-electron chi connectivity index (χ4n) is 2.24. The molecule has 0 saturated heterocycles. The third-order valence-corrected chi connectivity index (χ3v) is 5.87. The van der Waals surface area contributed by atoms with Crippen molar-refractivity contribution < 1.29 is 21.6 Å². The van der Waals surface area contributed by atoms with Crippen LogP contribution in [0.25, 0.3) is 0 Å². The second-order valence-corrected chi connectivity index (χ2v) is 8.81. The molecule has 3 aromatic carbocycles. The number of rotatable bonds is 6. The zero-order chi connectivity index (χ0) is 19.5. The molecule has 27 heavy (non-hydrogen) atoms. The molecule has 3 N–H and O–H groups in total. The van der Waals surface area contributed by atoms with E-state index < -0.39 is 20.0 Å². The SMILES string of the molecule is NS(=O)(=O)c1ccc(S(=O)(=O)Nc2ccc(Oc3ccccc3)cc2)cc1. The van der Waals surface area contributed by atoms with E-state index in [9.17, 15) is 16.8 Å². The molecule has 0 radical (unpaired) electrons. The minimum atomic E-state index is -3.88. The van der Waals surface area contributed by atoms with Crippen molar-refractivity contribution in [3.8, 4) is 11.5 Å². The first-order chi connectivity index (χ1) is 12.7. The molecule has 0 saturated carbocycles. The number of nitrogens with one attached hydrogen (secondary N) is 1. The monoisotopic (exact) mass is 404 g/mol. The predicted molar refractivity (Wildman–Crippen MR) is 102 cm³/mol. The highest BCUT2D eigenvalue weighted by atomic mass is 32.2. The summed E-state index contributed by atoms with van der Waals surface area (Å²) in [6.45, 7) is 0. The summed E-state index contributed by atoms with van der Waals surface area (Å²) in [4.78, 5) is -0.247. The van der Waals surface area contributed by atoms with Crippen molar-refractivity contribution in [1.82, 2.24) is 0 Å². The Labute approximate surface area is 157 Å². The highest BCUT2D eigenvalue weighted by molar-refractivity contribution is 7.92. The van der Waals surface area contributed by atoms with Crippen LogP contribution in [0.3, 0.4) is 0 Å². The standard InChI is InChI=1S/C18H16N2O5S2/c19-26(21,22)17-10-12-18(13-11-17)27(23,24)20-14-6-8-16(9-7-14)25-15-4-2-1-3-5-15/h1-13,20H,(H2,19,21,22). The molecule has 0 aliphatic carbocycles. The van der Waals surface area contributed by atoms with Crippen LogP contribution in [0.1, 0.15) is 0 Å². The molecule has 0 fully saturated rings. The van der Waals surface area contributed by atoms with Gasteiger partial charge in [-0.25, -0.2) is 22.0 Å². The van der Waals surface area contributed by atoms with Gasteiger partial charge in [0.25, 0.3) is 10.0 Å². The van der Waals surface area contributed by atoms with Gasteiger partial charge in [0.1, 0.15) is 11.5 Å². The fourth-order valence-corrected chi connectivity index (χ4v) is 3.81. The summed E-state index contributed by atoms with van der Waals surface area (Å²) in [5.41, 5.74) is 0.339. The Hall–Kier alpha value is -2.88. The van der Waals surface area contributed by atoms with Crippen LogP contribution < -0.4 is 14.6 Å². The van der Waals surface area contributed by atoms with E-state index in [-0.39, 0.29) is 9.79 Å². The van der Waals surface area contributed by atoms with Gasteiger partial charge in [-0.1, -0.05) is 18.2 Å². The Morgan fingerprint density at radius 1 is 0.667 bits per heavy atom. The van der Waals surface area contributed by atoms with Gasteiger partial charge in [-0.15, -0.1) is 0 Å². The Bertz CT molecular complexity index is 1130. The maximum absolute atomic E-state index is 12.4. The van der Waals surface area contributed by atoms with Crippen LogP contribution in [0.15, 0.2) is 88.7 Å². The maximum atomic E-state index is 12.4. The Kier molecular flexibility index (Phi) is 5.17. The van der Waals surface area contributed by atoms with Crippen molar-refractivity contribution in [2.24, 2.45) is 5.14 Å². The Morgan fingerprint density at radius 2 is 1.19 bits per heavy atom. The molecule has 0 bridgehead atoms. The van der Waals surface area contributed by atoms with Gasteiger partial charge >= 0.3 is 0 Å². The summed E-state index contributed by atoms with van der Waals surface area (Å²) < 4.78 is 55.4. The normalized spacial score (nSPS) is 11.7. The molecule has 140 valence electrons. The lowest BCUT2D eigenvalue weighted by Crippen LogP contribution is -2.15. The third kappa shape index (κ3) is 4.85. The van der Waals surface area contributed by atoms with Gasteiger partial charge in [-0.05, 0) is 60.7 Å². The summed E-state index contributed by atoms with van der Waals surface area (Å²) in [6.07, 6.45) is 0. The van der Waals surface area contributed by atoms with Crippen molar-refractivity contribution in [3.05, 3.63) is 78.9 Å². The highest BCUT2D eigenvalue weighted by Gasteiger charge is 2.16. The first-order valence-corrected chi connectivity index (χ1v) is 10.8. The second kappa shape index (κ2) is 7.39. The molecule has 0 atom stereocenters. The molecule has 3 aromatic rings. The van der Waals surface area contributed by atoms with Gasteiger partial charge in [-0.2, -0.15) is 0 Å². The van der Waals surface area contributed by atoms with Crippen molar-refractivity contribution in [2.75, 3.05) is 4.72 Å². The zero-order valence-electron chi connectivity index (χ0n) is 13.9. The number of hydrogen-bond acceptors (Lipinski definition) is 5. The van der Waals surface area contributed by atoms with Gasteiger partial charge in [0.05, 0.1) is 9.79 Å². The van der Waals surface area contributed by atoms with Crippen LogP contribution >= 0.6 is 0 Å². The number of sulfonamides is 2. The number of ether oxygens (including phenoxy) is 1. The van der Waals surface area contributed by atoms with E-state index in [1.54, 1.807) is 24.3 Å². The van der Waals surface area contributed by atoms with Crippen molar-refractivity contribution in [1.29, 1.82) is 0 Å². The van der Waals surface area contributed by atoms with Crippen LogP contribution in [0.5, 0.6) is 11.5 Å². The number of benzene rings is 3. The van der Waals surface area contributed by atoms with E-state index in [1.807, 2.05) is 30.3 Å². The molecular formula is C18H16N2O5S2. The molecule has 0 aliphatic rings. The van der Waals surface area contributed by atoms with Gasteiger partial charge in [0.2, 0.25) is 10.0 Å². The first-order valence-electron chi connectivity index (χ1n) is 7.73. The van der Waals surface area contributed by atoms with Crippen LogP contribution in [0, 0.1) is 0 Å². The van der Waals surface area contributed by atoms with Crippen LogP contribution in [-0.4, -0.2) is 16.8 Å². The molecule has 0 aromatic heterocycles. The number of para-hydroxylation sites is 1. The molecule has 0 aliphatic heterocycles. The van der Waals surface area contributed by atoms with E-state index >= 15 is 0 Å². The van der Waals surface area contributed by atoms with Gasteiger partial charge in [-0.3, -0.25) is 4.72 Å². The number of anilines is 1. The molecule has 9 heteroatoms. The number of nitrogens with two attached hydrogens (primary N) is 1. The lowest BCUT2D eigenvalue weighted by atomic mass is 10.3. The number of hydrogen-bond donors (Lipinski definition) is 2. The highest BCUT2D eigenvalue weighted by Crippen LogP contribution is 2.24. The smallest absolute Gasteiger partial charge is 0.261 e. The van der Waals surface area contributed by atoms with E-state index in [1.165, 1.54) is 12.1 Å². The van der Waals surface area contributed by atoms with Crippen molar-refractivity contribution in [3.63, 3.8) is 0 Å². The van der Waals surface area contributed by atoms with Crippen LogP contribution in [0.4, 0.5) is 5.69 Å². The largest absolute Gasteiger partial charge is 0.457 e. The molecule has 0 unspecified atom stereocenters. The van der Waals surface area contributed by atoms with E-state index in [0.29, 0.717) is 17.2 Å². The molecule has 3 rings (SSSR count). The maximum Gasteiger partial charge on any atom is 0.261 e. The van der Waals surface area contributed by atoms with E-state index in [4.69, 9.17) is 9.88 Å². The summed E-state index contributed by atoms with van der Waals surface area (Å²) >= 11 is 0. The number of primary sulfonamides is 1. The van der Waals surface area contributed by atoms with E-state index in [0.717, 1.165) is 12.1 Å². The average Bonchev–Trinajstić information content (AvgIpc) is 2.63. The predicted octanol–water partition coefficient (Wildman–Crippen LogP) is 2.93. The minimum Gasteiger partial charge on any atom is -0.457 e. The topological polar surface area (TPSA) is 116 Å². The van der Waals surface area contributed by atoms with Gasteiger partial charge in [0, 0.05) is 5.69 Å². The summed E-state index contributed by atoms with van der Waals surface area (Å²) in [7, 11) is -7.76. The lowest BCUT2D eigenvalue weighted by Gasteiger charge is -2.10. The third-order valence-electron chi connectivity index (χ3n) is 3.55. The minimum absolute atomic E-state index is 0.0838. The van der Waals surface area contributed by atoms with Crippen molar-refractivity contribution in [2.45, 2.75) is 9.79 Å². The molecule has 7 nitrogen and oxygen atoms in total. The molecule has 0 spiro atoms. The summed E-state index contributed by atoms with van der Waals surface area (Å²) in [6, 6.07) is 20.2. The van der Waals surface area contributed by atoms with Crippen molar-refractivity contribution >= 4 is 25.7 Å². The fraction of sp³-hybridized carbons (Fsp3) is 0. The first kappa shape index (κ1) is 18.9. The summed E-state index contributed by atoms with van der Waals surface area (Å²) in [5.74, 6) is 1.22. The Balaban J connectivity index is 1.74. The summed E-state index contributed by atoms with van der Waals surface area (Å²) in [5, 5.41) is 5.00. The van der Waals surface area contributed by atoms with Crippen LogP contribution in [-0.2, 0) is 20.0 Å². The molecular weight excluding hydrogens is 388 g/mol. The molecule has 0 amide bonds.